The van der Waals surface area contributed by atoms with E-state index in [1.807, 2.05) is 0 Å². The quantitative estimate of drug-likeness (QED) is 0.312. The minimum Gasteiger partial charge on any atom is -0.493 e. The number of methoxy groups -OCH3 is 1. The van der Waals surface area contributed by atoms with Gasteiger partial charge in [0.05, 0.1) is 27.9 Å². The van der Waals surface area contributed by atoms with Crippen LogP contribution in [0.1, 0.15) is 5.56 Å². The van der Waals surface area contributed by atoms with Crippen molar-refractivity contribution in [2.75, 3.05) is 7.11 Å². The van der Waals surface area contributed by atoms with Gasteiger partial charge in [-0.25, -0.2) is 0 Å². The average molecular weight is 433 g/mol. The molecule has 0 radical (unpaired) electrons. The number of rotatable bonds is 6. The number of nitrogens with zero attached hydrogens (tertiary/aromatic N) is 2. The summed E-state index contributed by atoms with van der Waals surface area (Å²) >= 11 is 6.02. The fraction of sp³-hybridized carbons (Fsp3) is 0.0588. The van der Waals surface area contributed by atoms with Crippen molar-refractivity contribution in [3.8, 4) is 17.2 Å². The van der Waals surface area contributed by atoms with Crippen molar-refractivity contribution in [2.24, 2.45) is 0 Å². The molecule has 12 heteroatoms. The molecule has 1 fully saturated rings. The Hall–Kier alpha value is -3.51. The Labute approximate surface area is 172 Å². The summed E-state index contributed by atoms with van der Waals surface area (Å²) in [6.07, 6.45) is 1.51. The van der Waals surface area contributed by atoms with Crippen molar-refractivity contribution in [2.45, 2.75) is 0 Å². The second-order valence-electron chi connectivity index (χ2n) is 5.50. The van der Waals surface area contributed by atoms with Gasteiger partial charge in [0.15, 0.2) is 11.5 Å². The molecule has 1 amide bonds. The lowest BCUT2D eigenvalue weighted by molar-refractivity contribution is -0.394. The SMILES string of the molecule is COc1cccc(/C=C2/SC(=S)NC2=O)c1Oc1ccc([N+](=O)[O-])cc1[N+](=O)[O-]. The second kappa shape index (κ2) is 8.24. The number of carbonyl (C=O) groups excluding carboxylic acids is 1. The average Bonchev–Trinajstić information content (AvgIpc) is 2.99. The summed E-state index contributed by atoms with van der Waals surface area (Å²) in [7, 11) is 1.38. The number of thioether (sulfide) groups is 1. The lowest BCUT2D eigenvalue weighted by Gasteiger charge is -2.13. The number of nitro groups is 2. The number of nitro benzene ring substituents is 2. The van der Waals surface area contributed by atoms with Crippen LogP contribution < -0.4 is 14.8 Å². The molecule has 10 nitrogen and oxygen atoms in total. The van der Waals surface area contributed by atoms with Crippen LogP contribution in [0.2, 0.25) is 0 Å². The number of amides is 1. The molecule has 1 aliphatic rings. The molecule has 3 rings (SSSR count). The molecule has 29 heavy (non-hydrogen) atoms. The number of benzene rings is 2. The zero-order chi connectivity index (χ0) is 21.1. The normalized spacial score (nSPS) is 14.6. The van der Waals surface area contributed by atoms with E-state index in [-0.39, 0.29) is 23.2 Å². The van der Waals surface area contributed by atoms with E-state index in [4.69, 9.17) is 21.7 Å². The molecule has 1 N–H and O–H groups in total. The van der Waals surface area contributed by atoms with Gasteiger partial charge < -0.3 is 14.8 Å². The summed E-state index contributed by atoms with van der Waals surface area (Å²) in [5.41, 5.74) is -0.629. The van der Waals surface area contributed by atoms with E-state index < -0.39 is 21.2 Å². The fourth-order valence-electron chi connectivity index (χ4n) is 2.44. The highest BCUT2D eigenvalue weighted by atomic mass is 32.2. The van der Waals surface area contributed by atoms with Crippen LogP contribution in [0.15, 0.2) is 41.3 Å². The summed E-state index contributed by atoms with van der Waals surface area (Å²) in [6.45, 7) is 0. The van der Waals surface area contributed by atoms with Crippen molar-refractivity contribution in [1.82, 2.24) is 5.32 Å². The Kier molecular flexibility index (Phi) is 5.75. The summed E-state index contributed by atoms with van der Waals surface area (Å²) in [6, 6.07) is 7.87. The zero-order valence-corrected chi connectivity index (χ0v) is 16.2. The highest BCUT2D eigenvalue weighted by molar-refractivity contribution is 8.26. The number of thiocarbonyl (C=S) groups is 1. The first-order valence-corrected chi connectivity index (χ1v) is 9.05. The number of nitrogens with one attached hydrogen (secondary N) is 1. The van der Waals surface area contributed by atoms with Crippen LogP contribution in [0.4, 0.5) is 11.4 Å². The predicted molar refractivity (Wildman–Crippen MR) is 109 cm³/mol. The maximum absolute atomic E-state index is 11.9. The first kappa shape index (κ1) is 20.2. The molecule has 2 aromatic carbocycles. The largest absolute Gasteiger partial charge is 0.493 e. The van der Waals surface area contributed by atoms with Crippen LogP contribution in [0.25, 0.3) is 6.08 Å². The number of ether oxygens (including phenoxy) is 2. The molecule has 1 heterocycles. The van der Waals surface area contributed by atoms with Gasteiger partial charge in [0.25, 0.3) is 11.6 Å². The Bertz CT molecular complexity index is 1080. The maximum Gasteiger partial charge on any atom is 0.318 e. The predicted octanol–water partition coefficient (Wildman–Crippen LogP) is 3.79. The van der Waals surface area contributed by atoms with Crippen LogP contribution in [0.3, 0.4) is 0 Å². The zero-order valence-electron chi connectivity index (χ0n) is 14.6. The van der Waals surface area contributed by atoms with E-state index in [1.54, 1.807) is 18.2 Å². The summed E-state index contributed by atoms with van der Waals surface area (Å²) < 4.78 is 11.3. The Morgan fingerprint density at radius 2 is 1.90 bits per heavy atom. The van der Waals surface area contributed by atoms with Crippen molar-refractivity contribution in [3.63, 3.8) is 0 Å². The standard InChI is InChI=1S/C17H11N3O7S2/c1-26-13-4-2-3-9(7-14-16(21)18-17(28)29-14)15(13)27-12-6-5-10(19(22)23)8-11(12)20(24)25/h2-8H,1H3,(H,18,21,28)/b14-7+. The van der Waals surface area contributed by atoms with E-state index in [2.05, 4.69) is 5.32 Å². The van der Waals surface area contributed by atoms with Gasteiger partial charge in [-0.2, -0.15) is 0 Å². The molecule has 0 saturated carbocycles. The maximum atomic E-state index is 11.9. The number of para-hydroxylation sites is 1. The molecule has 1 saturated heterocycles. The van der Waals surface area contributed by atoms with Gasteiger partial charge in [-0.05, 0) is 18.2 Å². The number of hydrogen-bond donors (Lipinski definition) is 1. The summed E-state index contributed by atoms with van der Waals surface area (Å²) in [5.74, 6) is -0.248. The number of non-ortho nitro benzene ring substituents is 1. The van der Waals surface area contributed by atoms with E-state index in [0.29, 0.717) is 14.8 Å². The van der Waals surface area contributed by atoms with Crippen molar-refractivity contribution < 1.29 is 24.1 Å². The molecule has 0 spiro atoms. The van der Waals surface area contributed by atoms with Gasteiger partial charge in [-0.15, -0.1) is 0 Å². The second-order valence-corrected chi connectivity index (χ2v) is 7.22. The van der Waals surface area contributed by atoms with Gasteiger partial charge >= 0.3 is 5.69 Å². The molecular formula is C17H11N3O7S2. The van der Waals surface area contributed by atoms with Gasteiger partial charge in [0.2, 0.25) is 5.75 Å². The molecule has 0 aliphatic carbocycles. The van der Waals surface area contributed by atoms with Crippen molar-refractivity contribution in [3.05, 3.63) is 67.1 Å². The van der Waals surface area contributed by atoms with Crippen LogP contribution in [0, 0.1) is 20.2 Å². The minimum absolute atomic E-state index is 0.102. The third-order valence-corrected chi connectivity index (χ3v) is 4.88. The van der Waals surface area contributed by atoms with Gasteiger partial charge in [0.1, 0.15) is 4.32 Å². The van der Waals surface area contributed by atoms with Gasteiger partial charge in [-0.1, -0.05) is 36.1 Å². The molecule has 2 aromatic rings. The summed E-state index contributed by atoms with van der Waals surface area (Å²) in [4.78, 5) is 33.0. The molecule has 0 unspecified atom stereocenters. The molecule has 148 valence electrons. The van der Waals surface area contributed by atoms with Crippen molar-refractivity contribution in [1.29, 1.82) is 0 Å². The smallest absolute Gasteiger partial charge is 0.318 e. The Morgan fingerprint density at radius 3 is 2.48 bits per heavy atom. The fourth-order valence-corrected chi connectivity index (χ4v) is 3.47. The summed E-state index contributed by atoms with van der Waals surface area (Å²) in [5, 5.41) is 24.8. The van der Waals surface area contributed by atoms with E-state index >= 15 is 0 Å². The topological polar surface area (TPSA) is 134 Å². The van der Waals surface area contributed by atoms with Crippen LogP contribution in [-0.2, 0) is 4.79 Å². The van der Waals surface area contributed by atoms with E-state index in [0.717, 1.165) is 30.0 Å². The molecular weight excluding hydrogens is 422 g/mol. The monoisotopic (exact) mass is 433 g/mol. The number of hydrogen-bond acceptors (Lipinski definition) is 9. The lowest BCUT2D eigenvalue weighted by Crippen LogP contribution is -2.17. The molecule has 0 aromatic heterocycles. The first-order valence-electron chi connectivity index (χ1n) is 7.82. The lowest BCUT2D eigenvalue weighted by atomic mass is 10.1. The molecule has 1 aliphatic heterocycles. The van der Waals surface area contributed by atoms with Gasteiger partial charge in [-0.3, -0.25) is 25.0 Å². The highest BCUT2D eigenvalue weighted by Gasteiger charge is 2.25. The third kappa shape index (κ3) is 4.33. The van der Waals surface area contributed by atoms with Crippen LogP contribution in [0.5, 0.6) is 17.2 Å². The van der Waals surface area contributed by atoms with E-state index in [1.165, 1.54) is 13.2 Å². The Balaban J connectivity index is 2.09. The van der Waals surface area contributed by atoms with Crippen LogP contribution in [-0.4, -0.2) is 27.2 Å². The number of carbonyl (C=O) groups is 1. The van der Waals surface area contributed by atoms with Crippen molar-refractivity contribution >= 4 is 51.7 Å². The first-order chi connectivity index (χ1) is 13.8. The molecule has 0 atom stereocenters. The van der Waals surface area contributed by atoms with Gasteiger partial charge in [0, 0.05) is 11.6 Å². The van der Waals surface area contributed by atoms with E-state index in [9.17, 15) is 25.0 Å². The third-order valence-electron chi connectivity index (χ3n) is 3.72. The van der Waals surface area contributed by atoms with Crippen LogP contribution >= 0.6 is 24.0 Å². The Morgan fingerprint density at radius 1 is 1.14 bits per heavy atom. The molecule has 0 bridgehead atoms. The minimum atomic E-state index is -0.783. The highest BCUT2D eigenvalue weighted by Crippen LogP contribution is 2.41.